The Bertz CT molecular complexity index is 490. The summed E-state index contributed by atoms with van der Waals surface area (Å²) in [5, 5.41) is 0. The summed E-state index contributed by atoms with van der Waals surface area (Å²) in [4.78, 5) is 0. The minimum absolute atomic E-state index is 0. The maximum Gasteiger partial charge on any atom is -0.0485 e. The topological polar surface area (TPSA) is 0 Å². The van der Waals surface area contributed by atoms with Crippen LogP contribution in [0.4, 0.5) is 0 Å². The summed E-state index contributed by atoms with van der Waals surface area (Å²) in [6.07, 6.45) is 1.05. The molecule has 0 aliphatic heterocycles. The summed E-state index contributed by atoms with van der Waals surface area (Å²) in [7, 11) is 1.86. The van der Waals surface area contributed by atoms with E-state index in [1.165, 1.54) is 11.1 Å². The van der Waals surface area contributed by atoms with Gasteiger partial charge in [-0.05, 0) is 6.42 Å². The summed E-state index contributed by atoms with van der Waals surface area (Å²) in [5.74, 6) is 0. The maximum atomic E-state index is 2.16. The molecule has 0 spiro atoms. The second-order valence-corrected chi connectivity index (χ2v) is 3.92. The van der Waals surface area contributed by atoms with Crippen molar-refractivity contribution in [1.82, 2.24) is 0 Å². The molecule has 0 aromatic heterocycles. The Morgan fingerprint density at radius 1 is 0.810 bits per heavy atom. The average molecular weight is 369 g/mol. The third-order valence-electron chi connectivity index (χ3n) is 2.54. The van der Waals surface area contributed by atoms with Gasteiger partial charge in [-0.1, -0.05) is 35.9 Å². The fraction of sp³-hybridized carbons (Fsp3) is 0.0588. The van der Waals surface area contributed by atoms with Gasteiger partial charge < -0.3 is 24.8 Å². The predicted octanol–water partition coefficient (Wildman–Crippen LogP) is -2.51. The van der Waals surface area contributed by atoms with E-state index in [0.29, 0.717) is 0 Å². The Morgan fingerprint density at radius 2 is 1.33 bits per heavy atom. The van der Waals surface area contributed by atoms with Crippen molar-refractivity contribution in [2.75, 3.05) is 0 Å². The summed E-state index contributed by atoms with van der Waals surface area (Å²) in [5.41, 5.74) is 2.77. The molecule has 21 heavy (non-hydrogen) atoms. The van der Waals surface area contributed by atoms with Gasteiger partial charge in [0, 0.05) is 0 Å². The molecule has 0 bridgehead atoms. The molecule has 0 amide bonds. The quantitative estimate of drug-likeness (QED) is 0.346. The normalized spacial score (nSPS) is 7.90. The van der Waals surface area contributed by atoms with Crippen LogP contribution in [0.15, 0.2) is 84.9 Å². The van der Waals surface area contributed by atoms with Crippen LogP contribution in [0, 0.1) is 0 Å². The number of hydrogen-bond acceptors (Lipinski definition) is 0. The van der Waals surface area contributed by atoms with Crippen LogP contribution in [0.1, 0.15) is 11.1 Å². The summed E-state index contributed by atoms with van der Waals surface area (Å²) >= 11 is 2.03. The van der Waals surface area contributed by atoms with Gasteiger partial charge in [0.15, 0.2) is 0 Å². The van der Waals surface area contributed by atoms with E-state index in [0.717, 1.165) is 6.42 Å². The van der Waals surface area contributed by atoms with Gasteiger partial charge in [0.25, 0.3) is 0 Å². The van der Waals surface area contributed by atoms with Crippen molar-refractivity contribution in [2.45, 2.75) is 6.42 Å². The van der Waals surface area contributed by atoms with Gasteiger partial charge in [-0.3, -0.25) is 0 Å². The fourth-order valence-electron chi connectivity index (χ4n) is 1.68. The molecule has 0 nitrogen and oxygen atoms in total. The molecule has 4 heteroatoms. The average Bonchev–Trinajstić information content (AvgIpc) is 3.18. The minimum atomic E-state index is 0. The van der Waals surface area contributed by atoms with E-state index in [9.17, 15) is 0 Å². The Labute approximate surface area is 153 Å². The van der Waals surface area contributed by atoms with Crippen LogP contribution in [0.3, 0.4) is 0 Å². The first kappa shape index (κ1) is 22.7. The van der Waals surface area contributed by atoms with Gasteiger partial charge in [-0.2, -0.15) is 35.9 Å². The van der Waals surface area contributed by atoms with Crippen LogP contribution < -0.4 is 24.8 Å². The molecule has 0 saturated carbocycles. The van der Waals surface area contributed by atoms with E-state index in [1.54, 1.807) is 0 Å². The zero-order valence-electron chi connectivity index (χ0n) is 11.8. The molecule has 3 rings (SSSR count). The molecular weight excluding hydrogens is 351 g/mol. The van der Waals surface area contributed by atoms with Crippen LogP contribution in [0.2, 0.25) is 0 Å². The van der Waals surface area contributed by atoms with E-state index in [1.807, 2.05) is 57.1 Å². The first-order valence-electron chi connectivity index (χ1n) is 6.22. The summed E-state index contributed by atoms with van der Waals surface area (Å²) < 4.78 is 0. The standard InChI is InChI=1S/C12H11.C5H5.2ClH.H2Si.Ti/c1-2-6-11(7-3-1)10-12-8-4-5-9-12;1-2-4-5-3-1;;;;/h1-9H,10H2;1-5H;2*1H;1H2;/q2*-1;;;;+2/p-2. The molecule has 3 aromatic carbocycles. The number of halogens is 2. The Hall–Kier alpha value is -0.569. The first-order valence-corrected chi connectivity index (χ1v) is 10.2. The van der Waals surface area contributed by atoms with Gasteiger partial charge in [-0.15, -0.1) is 0 Å². The molecule has 0 aliphatic carbocycles. The number of benzene rings is 1. The van der Waals surface area contributed by atoms with Crippen molar-refractivity contribution in [3.63, 3.8) is 0 Å². The van der Waals surface area contributed by atoms with Gasteiger partial charge >= 0.3 is 26.8 Å². The van der Waals surface area contributed by atoms with E-state index >= 15 is 0 Å². The Morgan fingerprint density at radius 3 is 1.76 bits per heavy atom. The van der Waals surface area contributed by atoms with E-state index in [2.05, 4.69) is 54.6 Å². The zero-order chi connectivity index (χ0) is 13.8. The SMILES string of the molecule is [Cl-].[Cl-].[SiH2]=[Ti+2].c1cc[cH-]c1.c1ccc(C[c-]2cccc2)cc1. The predicted molar refractivity (Wildman–Crippen MR) is 81.9 cm³/mol. The summed E-state index contributed by atoms with van der Waals surface area (Å²) in [6.45, 7) is 0. The molecule has 0 atom stereocenters. The molecule has 0 heterocycles. The fourth-order valence-corrected chi connectivity index (χ4v) is 1.68. The van der Waals surface area contributed by atoms with Crippen molar-refractivity contribution < 1.29 is 44.0 Å². The van der Waals surface area contributed by atoms with E-state index < -0.39 is 0 Å². The molecule has 3 aromatic rings. The van der Waals surface area contributed by atoms with Crippen LogP contribution in [0.5, 0.6) is 0 Å². The van der Waals surface area contributed by atoms with Crippen molar-refractivity contribution in [2.24, 2.45) is 0 Å². The largest absolute Gasteiger partial charge is 0.214 e. The van der Waals surface area contributed by atoms with Crippen molar-refractivity contribution >= 4 is 7.63 Å². The van der Waals surface area contributed by atoms with Gasteiger partial charge in [0.2, 0.25) is 0 Å². The van der Waals surface area contributed by atoms with Crippen LogP contribution >= 0.6 is 0 Å². The van der Waals surface area contributed by atoms with Crippen LogP contribution in [-0.2, 0) is 25.6 Å². The van der Waals surface area contributed by atoms with Gasteiger partial charge in [-0.25, -0.2) is 24.3 Å². The Kier molecular flexibility index (Phi) is 17.1. The molecule has 0 fully saturated rings. The molecule has 0 N–H and O–H groups in total. The second-order valence-electron chi connectivity index (χ2n) is 3.92. The van der Waals surface area contributed by atoms with Crippen LogP contribution in [0.25, 0.3) is 0 Å². The van der Waals surface area contributed by atoms with Gasteiger partial charge in [0.1, 0.15) is 0 Å². The summed E-state index contributed by atoms with van der Waals surface area (Å²) in [6, 6.07) is 29.0. The van der Waals surface area contributed by atoms with E-state index in [4.69, 9.17) is 0 Å². The van der Waals surface area contributed by atoms with Crippen molar-refractivity contribution in [3.8, 4) is 0 Å². The van der Waals surface area contributed by atoms with E-state index in [-0.39, 0.29) is 24.8 Å². The van der Waals surface area contributed by atoms with Crippen molar-refractivity contribution in [3.05, 3.63) is 96.1 Å². The second kappa shape index (κ2) is 15.8. The molecule has 0 radical (unpaired) electrons. The zero-order valence-corrected chi connectivity index (χ0v) is 16.2. The molecule has 0 aliphatic rings. The van der Waals surface area contributed by atoms with Crippen molar-refractivity contribution in [1.29, 1.82) is 0 Å². The maximum absolute atomic E-state index is 2.16. The minimum Gasteiger partial charge on any atom is -0.214 e. The molecule has 0 unspecified atom stereocenters. The molecule has 0 saturated heterocycles. The third kappa shape index (κ3) is 10.8. The first-order chi connectivity index (χ1) is 9.45. The number of hydrogen-bond donors (Lipinski definition) is 0. The van der Waals surface area contributed by atoms with Gasteiger partial charge in [0.05, 0.1) is 0 Å². The Balaban J connectivity index is 0. The smallest absolute Gasteiger partial charge is 0.0485 e. The third-order valence-corrected chi connectivity index (χ3v) is 2.54. The molecule has 110 valence electrons. The molecular formula is C17H18Cl2SiTi-2. The number of rotatable bonds is 2. The van der Waals surface area contributed by atoms with Crippen LogP contribution in [-0.4, -0.2) is 7.63 Å². The monoisotopic (exact) mass is 368 g/mol.